The minimum Gasteiger partial charge on any atom is -0.456 e. The number of carbonyl (C=O) groups is 3. The lowest BCUT2D eigenvalue weighted by molar-refractivity contribution is -0.296. The number of halogens is 1. The van der Waals surface area contributed by atoms with Gasteiger partial charge in [0.1, 0.15) is 12.2 Å². The summed E-state index contributed by atoms with van der Waals surface area (Å²) < 4.78 is 47.5. The Bertz CT molecular complexity index is 1470. The van der Waals surface area contributed by atoms with Crippen LogP contribution in [-0.4, -0.2) is 143 Å². The lowest BCUT2D eigenvalue weighted by Crippen LogP contribution is -2.64. The van der Waals surface area contributed by atoms with Crippen LogP contribution in [0, 0.1) is 17.8 Å². The van der Waals surface area contributed by atoms with Crippen LogP contribution >= 0.6 is 0 Å². The molecule has 4 rings (SSSR count). The predicted molar refractivity (Wildman–Crippen MR) is 203 cm³/mol. The van der Waals surface area contributed by atoms with E-state index in [-0.39, 0.29) is 24.5 Å². The minimum absolute atomic E-state index is 0.218. The Morgan fingerprint density at radius 1 is 1.11 bits per heavy atom. The average Bonchev–Trinajstić information content (AvgIpc) is 3.42. The summed E-state index contributed by atoms with van der Waals surface area (Å²) in [7, 11) is 5.16. The first-order chi connectivity index (χ1) is 25.6. The van der Waals surface area contributed by atoms with Crippen molar-refractivity contribution in [3.05, 3.63) is 30.1 Å². The number of carbonyl (C=O) groups excluding carboxylic acids is 3. The summed E-state index contributed by atoms with van der Waals surface area (Å²) in [6.45, 7) is 15.9. The molecule has 14 nitrogen and oxygen atoms in total. The largest absolute Gasteiger partial charge is 0.456 e. The molecule has 3 N–H and O–H groups in total. The van der Waals surface area contributed by atoms with Crippen molar-refractivity contribution in [2.24, 2.45) is 23.5 Å². The number of ketones is 1. The van der Waals surface area contributed by atoms with Gasteiger partial charge >= 0.3 is 12.1 Å². The number of Topliss-reactive ketones (excluding diaryl/α,β-unsaturated/α-hetero) is 1. The second kappa shape index (κ2) is 17.8. The lowest BCUT2D eigenvalue weighted by atomic mass is 9.72. The summed E-state index contributed by atoms with van der Waals surface area (Å²) in [6.07, 6.45) is -1.80. The van der Waals surface area contributed by atoms with E-state index >= 15 is 4.39 Å². The van der Waals surface area contributed by atoms with Gasteiger partial charge in [0, 0.05) is 50.1 Å². The Kier molecular flexibility index (Phi) is 14.5. The van der Waals surface area contributed by atoms with E-state index in [1.807, 2.05) is 69.9 Å². The number of aliphatic hydroxyl groups excluding tert-OH is 1. The van der Waals surface area contributed by atoms with Gasteiger partial charge in [-0.2, -0.15) is 0 Å². The highest BCUT2D eigenvalue weighted by molar-refractivity contribution is 6.07. The molecular weight excluding hydrogens is 713 g/mol. The van der Waals surface area contributed by atoms with Gasteiger partial charge in [-0.25, -0.2) is 24.0 Å². The van der Waals surface area contributed by atoms with E-state index in [4.69, 9.17) is 29.4 Å². The molecule has 0 aromatic carbocycles. The maximum atomic E-state index is 16.8. The SMILES string of the molecule is CCN(CCCc1ccccn1)N1C(=O)O[C@]2(C)[C@@H](C)OC(=O)C(C)(F)C(=O)[C@H](C)[C@@H](O[C@@H]3O[C@H](C)C[C@H](N(C)C)[C@H]3O)[C@@](C)(OC)C[C@@H](C)C(N)[C@H](C)[C@@H]12. The monoisotopic (exact) mass is 779 g/mol. The highest BCUT2D eigenvalue weighted by Gasteiger charge is 2.62. The van der Waals surface area contributed by atoms with Crippen molar-refractivity contribution in [1.82, 2.24) is 19.9 Å². The third-order valence-electron chi connectivity index (χ3n) is 12.5. The number of cyclic esters (lactones) is 1. The molecule has 312 valence electrons. The van der Waals surface area contributed by atoms with Crippen LogP contribution in [0.5, 0.6) is 0 Å². The maximum absolute atomic E-state index is 16.8. The Hall–Kier alpha value is -2.79. The Morgan fingerprint density at radius 2 is 1.78 bits per heavy atom. The third kappa shape index (κ3) is 9.18. The number of fused-ring (bicyclic) bond motifs is 1. The number of ether oxygens (including phenoxy) is 5. The average molecular weight is 780 g/mol. The van der Waals surface area contributed by atoms with Crippen molar-refractivity contribution in [1.29, 1.82) is 0 Å². The lowest BCUT2D eigenvalue weighted by Gasteiger charge is -2.48. The molecule has 0 aliphatic carbocycles. The molecule has 2 unspecified atom stereocenters. The van der Waals surface area contributed by atoms with Crippen molar-refractivity contribution in [2.75, 3.05) is 34.3 Å². The Balaban J connectivity index is 1.76. The van der Waals surface area contributed by atoms with Crippen LogP contribution in [-0.2, 0) is 39.7 Å². The molecule has 4 heterocycles. The van der Waals surface area contributed by atoms with Crippen LogP contribution in [0.3, 0.4) is 0 Å². The van der Waals surface area contributed by atoms with E-state index in [0.29, 0.717) is 32.4 Å². The van der Waals surface area contributed by atoms with Gasteiger partial charge in [0.15, 0.2) is 17.7 Å². The summed E-state index contributed by atoms with van der Waals surface area (Å²) in [5, 5.41) is 14.9. The fourth-order valence-corrected chi connectivity index (χ4v) is 8.88. The first-order valence-electron chi connectivity index (χ1n) is 19.7. The number of nitrogens with zero attached hydrogens (tertiary/aromatic N) is 4. The van der Waals surface area contributed by atoms with Gasteiger partial charge in [0.25, 0.3) is 5.67 Å². The summed E-state index contributed by atoms with van der Waals surface area (Å²) in [6, 6.07) is 4.05. The molecule has 3 aliphatic heterocycles. The van der Waals surface area contributed by atoms with Gasteiger partial charge in [-0.1, -0.05) is 33.8 Å². The quantitative estimate of drug-likeness (QED) is 0.260. The number of hydrogen-bond acceptors (Lipinski definition) is 13. The minimum atomic E-state index is -3.14. The third-order valence-corrected chi connectivity index (χ3v) is 12.5. The Morgan fingerprint density at radius 3 is 2.36 bits per heavy atom. The first-order valence-corrected chi connectivity index (χ1v) is 19.7. The topological polar surface area (TPSA) is 166 Å². The van der Waals surface area contributed by atoms with Gasteiger partial charge in [-0.3, -0.25) is 9.78 Å². The molecule has 0 bridgehead atoms. The highest BCUT2D eigenvalue weighted by Crippen LogP contribution is 2.44. The van der Waals surface area contributed by atoms with E-state index < -0.39 is 83.2 Å². The number of aryl methyl sites for hydroxylation is 1. The molecule has 14 atom stereocenters. The van der Waals surface area contributed by atoms with E-state index in [0.717, 1.165) is 12.6 Å². The van der Waals surface area contributed by atoms with Gasteiger partial charge in [0.05, 0.1) is 23.9 Å². The van der Waals surface area contributed by atoms with E-state index in [9.17, 15) is 19.5 Å². The highest BCUT2D eigenvalue weighted by atomic mass is 19.1. The van der Waals surface area contributed by atoms with Crippen molar-refractivity contribution in [3.8, 4) is 0 Å². The second-order valence-electron chi connectivity index (χ2n) is 16.8. The first kappa shape index (κ1) is 44.9. The number of amides is 1. The fraction of sp³-hybridized carbons (Fsp3) is 0.800. The zero-order valence-corrected chi connectivity index (χ0v) is 34.9. The molecule has 1 aromatic heterocycles. The van der Waals surface area contributed by atoms with E-state index in [1.165, 1.54) is 21.0 Å². The van der Waals surface area contributed by atoms with Crippen LogP contribution in [0.1, 0.15) is 87.3 Å². The molecule has 0 radical (unpaired) electrons. The molecular formula is C40H66FN5O9. The number of hydrogen-bond donors (Lipinski definition) is 2. The number of nitrogens with two attached hydrogens (primary N) is 1. The summed E-state index contributed by atoms with van der Waals surface area (Å²) >= 11 is 0. The maximum Gasteiger partial charge on any atom is 0.425 e. The molecule has 3 saturated heterocycles. The number of esters is 1. The molecule has 55 heavy (non-hydrogen) atoms. The van der Waals surface area contributed by atoms with Crippen molar-refractivity contribution in [3.63, 3.8) is 0 Å². The van der Waals surface area contributed by atoms with Gasteiger partial charge < -0.3 is 39.4 Å². The molecule has 1 aromatic rings. The van der Waals surface area contributed by atoms with Crippen LogP contribution in [0.15, 0.2) is 24.4 Å². The molecule has 0 spiro atoms. The second-order valence-corrected chi connectivity index (χ2v) is 16.8. The van der Waals surface area contributed by atoms with Crippen molar-refractivity contribution in [2.45, 2.75) is 154 Å². The molecule has 3 aliphatic rings. The smallest absolute Gasteiger partial charge is 0.425 e. The van der Waals surface area contributed by atoms with Crippen molar-refractivity contribution >= 4 is 17.8 Å². The predicted octanol–water partition coefficient (Wildman–Crippen LogP) is 3.92. The van der Waals surface area contributed by atoms with Crippen LogP contribution in [0.2, 0.25) is 0 Å². The number of likely N-dealkylation sites (N-methyl/N-ethyl adjacent to an activating group) is 1. The molecule has 0 saturated carbocycles. The zero-order valence-electron chi connectivity index (χ0n) is 34.9. The molecule has 3 fully saturated rings. The normalized spacial score (nSPS) is 40.9. The zero-order chi connectivity index (χ0) is 41.2. The number of hydrazine groups is 1. The fourth-order valence-electron chi connectivity index (χ4n) is 8.88. The Labute approximate surface area is 326 Å². The van der Waals surface area contributed by atoms with E-state index in [1.54, 1.807) is 25.1 Å². The number of methoxy groups -OCH3 is 1. The standard InChI is InChI=1S/C40H66FN5O9/c1-13-45(20-16-18-28-17-14-15-19-43-28)46-32-25(4)30(42)23(2)22-38(7,51-12)34(54-35-31(47)29(44(10)11)21-24(3)52-35)26(5)33(48)39(8,41)36(49)53-27(6)40(32,9)55-37(46)50/h14-15,17,19,23-27,29-32,34-35,47H,13,16,18,20-22,42H2,1-12H3/t23-,24-,25+,26+,27-,29+,30?,31-,32-,34-,35+,38+,39?,40-/m1/s1. The molecule has 1 amide bonds. The number of aromatic nitrogens is 1. The van der Waals surface area contributed by atoms with Gasteiger partial charge in [0.2, 0.25) is 0 Å². The summed E-state index contributed by atoms with van der Waals surface area (Å²) in [5.74, 6) is -4.62. The number of aliphatic hydroxyl groups is 1. The van der Waals surface area contributed by atoms with E-state index in [2.05, 4.69) is 4.98 Å². The van der Waals surface area contributed by atoms with Crippen LogP contribution < -0.4 is 5.73 Å². The number of alkyl halides is 1. The van der Waals surface area contributed by atoms with Gasteiger partial charge in [-0.05, 0) is 98.4 Å². The molecule has 15 heteroatoms. The number of rotatable bonds is 10. The number of pyridine rings is 1. The summed E-state index contributed by atoms with van der Waals surface area (Å²) in [5.41, 5.74) is 2.15. The summed E-state index contributed by atoms with van der Waals surface area (Å²) in [4.78, 5) is 48.3. The van der Waals surface area contributed by atoms with Gasteiger partial charge in [-0.15, -0.1) is 0 Å². The van der Waals surface area contributed by atoms with Crippen molar-refractivity contribution < 1.29 is 47.6 Å². The van der Waals surface area contributed by atoms with Crippen LogP contribution in [0.4, 0.5) is 9.18 Å². The van der Waals surface area contributed by atoms with Crippen LogP contribution in [0.25, 0.3) is 0 Å².